The van der Waals surface area contributed by atoms with Crippen LogP contribution in [0.2, 0.25) is 0 Å². The number of pyridine rings is 1. The van der Waals surface area contributed by atoms with E-state index < -0.39 is 6.10 Å². The zero-order valence-electron chi connectivity index (χ0n) is 17.9. The SMILES string of the molecule is OC(COc1cc(-c2ccncc2)c2ccccc2c1)CN1CCC2(CCOC2)CC1. The molecule has 1 aromatic heterocycles. The molecule has 0 bridgehead atoms. The first kappa shape index (κ1) is 20.4. The zero-order chi connectivity index (χ0) is 21.1. The third-order valence-electron chi connectivity index (χ3n) is 6.84. The van der Waals surface area contributed by atoms with Gasteiger partial charge in [-0.05, 0) is 83.9 Å². The van der Waals surface area contributed by atoms with Crippen molar-refractivity contribution < 1.29 is 14.6 Å². The number of nitrogens with zero attached hydrogens (tertiary/aromatic N) is 2. The maximum absolute atomic E-state index is 10.6. The number of aromatic nitrogens is 1. The van der Waals surface area contributed by atoms with Crippen LogP contribution in [-0.4, -0.2) is 60.5 Å². The molecule has 3 aromatic rings. The lowest BCUT2D eigenvalue weighted by atomic mass is 9.78. The number of rotatable bonds is 6. The van der Waals surface area contributed by atoms with Crippen molar-refractivity contribution in [3.05, 3.63) is 60.9 Å². The van der Waals surface area contributed by atoms with E-state index >= 15 is 0 Å². The van der Waals surface area contributed by atoms with E-state index in [-0.39, 0.29) is 0 Å². The van der Waals surface area contributed by atoms with Crippen molar-refractivity contribution in [3.8, 4) is 16.9 Å². The molecule has 1 N–H and O–H groups in total. The first-order valence-corrected chi connectivity index (χ1v) is 11.3. The molecule has 2 fully saturated rings. The molecular formula is C26H30N2O3. The molecule has 0 radical (unpaired) electrons. The van der Waals surface area contributed by atoms with Gasteiger partial charge in [0.15, 0.2) is 0 Å². The van der Waals surface area contributed by atoms with E-state index in [4.69, 9.17) is 9.47 Å². The second-order valence-corrected chi connectivity index (χ2v) is 9.00. The van der Waals surface area contributed by atoms with Gasteiger partial charge >= 0.3 is 0 Å². The van der Waals surface area contributed by atoms with Crippen molar-refractivity contribution in [1.29, 1.82) is 0 Å². The standard InChI is InChI=1S/C26H30N2O3/c29-22(17-28-12-7-26(8-13-28)9-14-30-19-26)18-31-23-15-21-3-1-2-4-24(21)25(16-23)20-5-10-27-11-6-20/h1-6,10-11,15-16,22,29H,7-9,12-14,17-19H2. The summed E-state index contributed by atoms with van der Waals surface area (Å²) in [7, 11) is 0. The molecule has 2 aromatic carbocycles. The topological polar surface area (TPSA) is 54.8 Å². The normalized spacial score (nSPS) is 19.6. The second-order valence-electron chi connectivity index (χ2n) is 9.00. The first-order valence-electron chi connectivity index (χ1n) is 11.3. The molecule has 1 unspecified atom stereocenters. The van der Waals surface area contributed by atoms with Gasteiger partial charge in [-0.15, -0.1) is 0 Å². The van der Waals surface area contributed by atoms with E-state index in [1.54, 1.807) is 0 Å². The van der Waals surface area contributed by atoms with Crippen LogP contribution in [0.5, 0.6) is 5.75 Å². The molecule has 2 aliphatic rings. The number of benzene rings is 2. The van der Waals surface area contributed by atoms with Gasteiger partial charge in [0, 0.05) is 25.5 Å². The first-order chi connectivity index (χ1) is 15.2. The van der Waals surface area contributed by atoms with Gasteiger partial charge in [-0.1, -0.05) is 24.3 Å². The maximum atomic E-state index is 10.6. The average Bonchev–Trinajstić information content (AvgIpc) is 3.27. The Hall–Kier alpha value is -2.47. The number of aliphatic hydroxyl groups excluding tert-OH is 1. The number of piperidine rings is 1. The number of aliphatic hydroxyl groups is 1. The Kier molecular flexibility index (Phi) is 5.90. The zero-order valence-corrected chi connectivity index (χ0v) is 17.9. The molecule has 2 aliphatic heterocycles. The minimum absolute atomic E-state index is 0.291. The summed E-state index contributed by atoms with van der Waals surface area (Å²) in [5.74, 6) is 0.783. The second kappa shape index (κ2) is 8.95. The van der Waals surface area contributed by atoms with Crippen molar-refractivity contribution >= 4 is 10.8 Å². The van der Waals surface area contributed by atoms with Crippen LogP contribution in [0.4, 0.5) is 0 Å². The highest BCUT2D eigenvalue weighted by atomic mass is 16.5. The number of hydrogen-bond acceptors (Lipinski definition) is 5. The van der Waals surface area contributed by atoms with Gasteiger partial charge in [0.1, 0.15) is 18.5 Å². The van der Waals surface area contributed by atoms with Crippen molar-refractivity contribution in [2.75, 3.05) is 39.5 Å². The van der Waals surface area contributed by atoms with Crippen molar-refractivity contribution in [1.82, 2.24) is 9.88 Å². The number of fused-ring (bicyclic) bond motifs is 1. The third-order valence-corrected chi connectivity index (χ3v) is 6.84. The predicted octanol–water partition coefficient (Wildman–Crippen LogP) is 4.14. The Balaban J connectivity index is 1.23. The molecular weight excluding hydrogens is 388 g/mol. The lowest BCUT2D eigenvalue weighted by molar-refractivity contribution is 0.0319. The van der Waals surface area contributed by atoms with Gasteiger partial charge in [-0.25, -0.2) is 0 Å². The quantitative estimate of drug-likeness (QED) is 0.652. The smallest absolute Gasteiger partial charge is 0.120 e. The van der Waals surface area contributed by atoms with Crippen molar-refractivity contribution in [3.63, 3.8) is 0 Å². The molecule has 0 saturated carbocycles. The summed E-state index contributed by atoms with van der Waals surface area (Å²) in [4.78, 5) is 6.50. The van der Waals surface area contributed by atoms with E-state index in [1.165, 1.54) is 24.6 Å². The summed E-state index contributed by atoms with van der Waals surface area (Å²) in [5.41, 5.74) is 2.62. The van der Waals surface area contributed by atoms with E-state index in [0.717, 1.165) is 48.6 Å². The third kappa shape index (κ3) is 4.59. The van der Waals surface area contributed by atoms with Gasteiger partial charge in [-0.3, -0.25) is 4.98 Å². The van der Waals surface area contributed by atoms with Gasteiger partial charge in [0.05, 0.1) is 6.61 Å². The Morgan fingerprint density at radius 2 is 1.87 bits per heavy atom. The highest BCUT2D eigenvalue weighted by Gasteiger charge is 2.38. The largest absolute Gasteiger partial charge is 0.491 e. The van der Waals surface area contributed by atoms with Crippen LogP contribution >= 0.6 is 0 Å². The number of likely N-dealkylation sites (tertiary alicyclic amines) is 1. The van der Waals surface area contributed by atoms with Crippen LogP contribution < -0.4 is 4.74 Å². The van der Waals surface area contributed by atoms with Gasteiger partial charge in [-0.2, -0.15) is 0 Å². The molecule has 1 atom stereocenters. The molecule has 5 rings (SSSR count). The highest BCUT2D eigenvalue weighted by molar-refractivity contribution is 5.97. The monoisotopic (exact) mass is 418 g/mol. The van der Waals surface area contributed by atoms with Crippen LogP contribution in [-0.2, 0) is 4.74 Å². The summed E-state index contributed by atoms with van der Waals surface area (Å²) >= 11 is 0. The van der Waals surface area contributed by atoms with E-state index in [2.05, 4.69) is 40.2 Å². The molecule has 5 heteroatoms. The average molecular weight is 419 g/mol. The fourth-order valence-electron chi connectivity index (χ4n) is 4.93. The number of hydrogen-bond donors (Lipinski definition) is 1. The minimum atomic E-state index is -0.510. The summed E-state index contributed by atoms with van der Waals surface area (Å²) in [6.45, 7) is 4.82. The Labute approximate surface area is 183 Å². The van der Waals surface area contributed by atoms with Crippen LogP contribution in [0.1, 0.15) is 19.3 Å². The molecule has 2 saturated heterocycles. The van der Waals surface area contributed by atoms with Crippen LogP contribution in [0.3, 0.4) is 0 Å². The van der Waals surface area contributed by atoms with Crippen LogP contribution in [0.15, 0.2) is 60.9 Å². The molecule has 5 nitrogen and oxygen atoms in total. The van der Waals surface area contributed by atoms with E-state index in [1.807, 2.05) is 30.6 Å². The van der Waals surface area contributed by atoms with Crippen LogP contribution in [0, 0.1) is 5.41 Å². The lowest BCUT2D eigenvalue weighted by Crippen LogP contribution is -2.44. The van der Waals surface area contributed by atoms with E-state index in [9.17, 15) is 5.11 Å². The minimum Gasteiger partial charge on any atom is -0.491 e. The number of ether oxygens (including phenoxy) is 2. The summed E-state index contributed by atoms with van der Waals surface area (Å²) in [6, 6.07) is 16.5. The maximum Gasteiger partial charge on any atom is 0.120 e. The fraction of sp³-hybridized carbons (Fsp3) is 0.423. The molecule has 0 aliphatic carbocycles. The molecule has 31 heavy (non-hydrogen) atoms. The van der Waals surface area contributed by atoms with Gasteiger partial charge in [0.25, 0.3) is 0 Å². The Morgan fingerprint density at radius 1 is 1.06 bits per heavy atom. The van der Waals surface area contributed by atoms with Crippen molar-refractivity contribution in [2.45, 2.75) is 25.4 Å². The summed E-state index contributed by atoms with van der Waals surface area (Å²) < 4.78 is 11.7. The van der Waals surface area contributed by atoms with Gasteiger partial charge < -0.3 is 19.5 Å². The number of β-amino-alcohol motifs (C(OH)–C–C–N with tert-alkyl or cyclic N) is 1. The lowest BCUT2D eigenvalue weighted by Gasteiger charge is -2.38. The summed E-state index contributed by atoms with van der Waals surface area (Å²) in [6.07, 6.45) is 6.63. The summed E-state index contributed by atoms with van der Waals surface area (Å²) in [5, 5.41) is 12.9. The van der Waals surface area contributed by atoms with Gasteiger partial charge in [0.2, 0.25) is 0 Å². The molecule has 1 spiro atoms. The highest BCUT2D eigenvalue weighted by Crippen LogP contribution is 2.39. The van der Waals surface area contributed by atoms with E-state index in [0.29, 0.717) is 18.6 Å². The molecule has 3 heterocycles. The predicted molar refractivity (Wildman–Crippen MR) is 122 cm³/mol. The van der Waals surface area contributed by atoms with Crippen LogP contribution in [0.25, 0.3) is 21.9 Å². The Morgan fingerprint density at radius 3 is 2.65 bits per heavy atom. The molecule has 0 amide bonds. The fourth-order valence-corrected chi connectivity index (χ4v) is 4.93. The molecule has 162 valence electrons. The van der Waals surface area contributed by atoms with Crippen molar-refractivity contribution in [2.24, 2.45) is 5.41 Å². The Bertz CT molecular complexity index is 1010.